The second kappa shape index (κ2) is 5.61. The van der Waals surface area contributed by atoms with Gasteiger partial charge in [0.1, 0.15) is 5.69 Å². The van der Waals surface area contributed by atoms with Crippen LogP contribution < -0.4 is 5.32 Å². The fourth-order valence-corrected chi connectivity index (χ4v) is 3.29. The summed E-state index contributed by atoms with van der Waals surface area (Å²) in [5.74, 6) is -0.488. The molecule has 1 heterocycles. The SMILES string of the molecule is CC1(C)[C@H](C(=O)Nc2ccnc(C(F)(F)F)c2)[C@H]1c1ccccc1. The number of nitrogens with one attached hydrogen (secondary N) is 1. The van der Waals surface area contributed by atoms with Gasteiger partial charge < -0.3 is 5.32 Å². The topological polar surface area (TPSA) is 42.0 Å². The van der Waals surface area contributed by atoms with Crippen molar-refractivity contribution in [2.45, 2.75) is 25.9 Å². The minimum absolute atomic E-state index is 0.0580. The number of hydrogen-bond acceptors (Lipinski definition) is 2. The number of amides is 1. The zero-order chi connectivity index (χ0) is 17.5. The van der Waals surface area contributed by atoms with Gasteiger partial charge in [-0.1, -0.05) is 44.2 Å². The molecule has 126 valence electrons. The van der Waals surface area contributed by atoms with Crippen molar-refractivity contribution >= 4 is 11.6 Å². The molecule has 1 aromatic carbocycles. The second-order valence-corrected chi connectivity index (χ2v) is 6.60. The first-order valence-electron chi connectivity index (χ1n) is 7.60. The lowest BCUT2D eigenvalue weighted by Gasteiger charge is -2.09. The average molecular weight is 334 g/mol. The highest BCUT2D eigenvalue weighted by Gasteiger charge is 2.62. The lowest BCUT2D eigenvalue weighted by atomic mass is 10.0. The van der Waals surface area contributed by atoms with Gasteiger partial charge in [-0.05, 0) is 23.1 Å². The van der Waals surface area contributed by atoms with Gasteiger partial charge in [0, 0.05) is 17.8 Å². The Bertz CT molecular complexity index is 756. The smallest absolute Gasteiger partial charge is 0.326 e. The van der Waals surface area contributed by atoms with Gasteiger partial charge in [0.15, 0.2) is 0 Å². The molecule has 1 aliphatic rings. The van der Waals surface area contributed by atoms with E-state index in [9.17, 15) is 18.0 Å². The van der Waals surface area contributed by atoms with Gasteiger partial charge in [0.05, 0.1) is 5.92 Å². The van der Waals surface area contributed by atoms with E-state index < -0.39 is 11.9 Å². The Hall–Kier alpha value is -2.37. The first-order chi connectivity index (χ1) is 11.2. The number of carbonyl (C=O) groups excluding carboxylic acids is 1. The van der Waals surface area contributed by atoms with Crippen LogP contribution in [0, 0.1) is 11.3 Å². The zero-order valence-electron chi connectivity index (χ0n) is 13.3. The van der Waals surface area contributed by atoms with Crippen molar-refractivity contribution < 1.29 is 18.0 Å². The highest BCUT2D eigenvalue weighted by atomic mass is 19.4. The standard InChI is InChI=1S/C18H17F3N2O/c1-17(2)14(11-6-4-3-5-7-11)15(17)16(24)23-12-8-9-22-13(10-12)18(19,20)21/h3-10,14-15H,1-2H3,(H,22,23,24)/t14-,15+/m1/s1. The Morgan fingerprint density at radius 2 is 1.83 bits per heavy atom. The summed E-state index contributed by atoms with van der Waals surface area (Å²) in [6.45, 7) is 3.98. The normalized spacial score (nSPS) is 22.0. The maximum Gasteiger partial charge on any atom is 0.433 e. The molecule has 3 rings (SSSR count). The van der Waals surface area contributed by atoms with E-state index in [0.29, 0.717) is 0 Å². The minimum Gasteiger partial charge on any atom is -0.326 e. The third-order valence-corrected chi connectivity index (χ3v) is 4.59. The van der Waals surface area contributed by atoms with Crippen LogP contribution in [0.15, 0.2) is 48.7 Å². The summed E-state index contributed by atoms with van der Waals surface area (Å²) in [6.07, 6.45) is -3.49. The molecule has 1 saturated carbocycles. The summed E-state index contributed by atoms with van der Waals surface area (Å²) in [7, 11) is 0. The molecule has 3 nitrogen and oxygen atoms in total. The van der Waals surface area contributed by atoms with E-state index in [1.54, 1.807) is 0 Å². The van der Waals surface area contributed by atoms with Crippen LogP contribution in [-0.2, 0) is 11.0 Å². The average Bonchev–Trinajstić information content (AvgIpc) is 3.10. The number of hydrogen-bond donors (Lipinski definition) is 1. The zero-order valence-corrected chi connectivity index (χ0v) is 13.3. The van der Waals surface area contributed by atoms with Crippen LogP contribution in [0.2, 0.25) is 0 Å². The summed E-state index contributed by atoms with van der Waals surface area (Å²) in [6, 6.07) is 11.9. The van der Waals surface area contributed by atoms with E-state index >= 15 is 0 Å². The molecule has 1 aromatic heterocycles. The van der Waals surface area contributed by atoms with E-state index in [4.69, 9.17) is 0 Å². The van der Waals surface area contributed by atoms with Crippen molar-refractivity contribution in [3.63, 3.8) is 0 Å². The lowest BCUT2D eigenvalue weighted by Crippen LogP contribution is -2.18. The van der Waals surface area contributed by atoms with E-state index in [0.717, 1.165) is 17.8 Å². The first kappa shape index (κ1) is 16.5. The van der Waals surface area contributed by atoms with Gasteiger partial charge in [-0.2, -0.15) is 13.2 Å². The quantitative estimate of drug-likeness (QED) is 0.899. The van der Waals surface area contributed by atoms with Gasteiger partial charge in [0.2, 0.25) is 5.91 Å². The molecule has 1 aliphatic carbocycles. The Kier molecular flexibility index (Phi) is 3.86. The van der Waals surface area contributed by atoms with Crippen molar-refractivity contribution in [1.29, 1.82) is 0 Å². The second-order valence-electron chi connectivity index (χ2n) is 6.60. The number of anilines is 1. The van der Waals surface area contributed by atoms with Crippen molar-refractivity contribution in [2.24, 2.45) is 11.3 Å². The Morgan fingerprint density at radius 1 is 1.17 bits per heavy atom. The molecule has 2 aromatic rings. The Balaban J connectivity index is 1.77. The van der Waals surface area contributed by atoms with Crippen LogP contribution in [0.5, 0.6) is 0 Å². The van der Waals surface area contributed by atoms with Crippen LogP contribution in [-0.4, -0.2) is 10.9 Å². The Labute approximate surface area is 137 Å². The molecule has 1 amide bonds. The molecule has 0 bridgehead atoms. The van der Waals surface area contributed by atoms with Gasteiger partial charge in [-0.15, -0.1) is 0 Å². The van der Waals surface area contributed by atoms with Gasteiger partial charge in [-0.25, -0.2) is 0 Å². The van der Waals surface area contributed by atoms with Crippen molar-refractivity contribution in [3.05, 3.63) is 59.9 Å². The number of carbonyl (C=O) groups is 1. The molecule has 6 heteroatoms. The molecule has 0 saturated heterocycles. The third-order valence-electron chi connectivity index (χ3n) is 4.59. The molecule has 0 spiro atoms. The molecule has 24 heavy (non-hydrogen) atoms. The summed E-state index contributed by atoms with van der Waals surface area (Å²) in [5.41, 5.74) is -0.0779. The van der Waals surface area contributed by atoms with Crippen molar-refractivity contribution in [2.75, 3.05) is 5.32 Å². The van der Waals surface area contributed by atoms with Gasteiger partial charge >= 0.3 is 6.18 Å². The number of aromatic nitrogens is 1. The van der Waals surface area contributed by atoms with Crippen molar-refractivity contribution in [1.82, 2.24) is 4.98 Å². The number of alkyl halides is 3. The third kappa shape index (κ3) is 3.00. The summed E-state index contributed by atoms with van der Waals surface area (Å²) < 4.78 is 38.1. The summed E-state index contributed by atoms with van der Waals surface area (Å²) in [5, 5.41) is 2.59. The fourth-order valence-electron chi connectivity index (χ4n) is 3.29. The molecule has 0 aliphatic heterocycles. The molecular weight excluding hydrogens is 317 g/mol. The van der Waals surface area contributed by atoms with Crippen LogP contribution in [0.4, 0.5) is 18.9 Å². The highest BCUT2D eigenvalue weighted by Crippen LogP contribution is 2.64. The van der Waals surface area contributed by atoms with Gasteiger partial charge in [-0.3, -0.25) is 9.78 Å². The maximum absolute atomic E-state index is 12.7. The van der Waals surface area contributed by atoms with Gasteiger partial charge in [0.25, 0.3) is 0 Å². The summed E-state index contributed by atoms with van der Waals surface area (Å²) in [4.78, 5) is 15.8. The van der Waals surface area contributed by atoms with E-state index in [1.807, 2.05) is 44.2 Å². The van der Waals surface area contributed by atoms with Crippen molar-refractivity contribution in [3.8, 4) is 0 Å². The number of benzene rings is 1. The number of halogens is 3. The molecule has 1 fully saturated rings. The molecule has 0 radical (unpaired) electrons. The van der Waals surface area contributed by atoms with E-state index in [2.05, 4.69) is 10.3 Å². The minimum atomic E-state index is -4.54. The van der Waals surface area contributed by atoms with Crippen LogP contribution in [0.3, 0.4) is 0 Å². The van der Waals surface area contributed by atoms with Crippen LogP contribution >= 0.6 is 0 Å². The largest absolute Gasteiger partial charge is 0.433 e. The monoisotopic (exact) mass is 334 g/mol. The predicted octanol–water partition coefficient (Wildman–Crippen LogP) is 4.48. The van der Waals surface area contributed by atoms with E-state index in [-0.39, 0.29) is 28.8 Å². The maximum atomic E-state index is 12.7. The molecule has 1 N–H and O–H groups in total. The molecule has 0 unspecified atom stereocenters. The lowest BCUT2D eigenvalue weighted by molar-refractivity contribution is -0.141. The fraction of sp³-hybridized carbons (Fsp3) is 0.333. The van der Waals surface area contributed by atoms with Crippen LogP contribution in [0.1, 0.15) is 31.0 Å². The number of rotatable bonds is 3. The molecule has 2 atom stereocenters. The molecular formula is C18H17F3N2O. The van der Waals surface area contributed by atoms with Crippen LogP contribution in [0.25, 0.3) is 0 Å². The first-order valence-corrected chi connectivity index (χ1v) is 7.60. The van der Waals surface area contributed by atoms with E-state index in [1.165, 1.54) is 6.07 Å². The highest BCUT2D eigenvalue weighted by molar-refractivity contribution is 5.96. The summed E-state index contributed by atoms with van der Waals surface area (Å²) >= 11 is 0. The number of nitrogens with zero attached hydrogens (tertiary/aromatic N) is 1. The number of pyridine rings is 1. The Morgan fingerprint density at radius 3 is 2.46 bits per heavy atom. The predicted molar refractivity (Wildman–Crippen MR) is 84.3 cm³/mol.